The number of benzene rings is 3. The zero-order chi connectivity index (χ0) is 14.8. The average molecular weight is 280 g/mol. The minimum atomic E-state index is -0.427. The van der Waals surface area contributed by atoms with Crippen molar-refractivity contribution in [3.63, 3.8) is 0 Å². The van der Waals surface area contributed by atoms with E-state index in [0.717, 1.165) is 21.9 Å². The van der Waals surface area contributed by atoms with Gasteiger partial charge in [0.15, 0.2) is 0 Å². The molecule has 3 rings (SSSR count). The lowest BCUT2D eigenvalue weighted by molar-refractivity contribution is 0.106. The Morgan fingerprint density at radius 1 is 1.00 bits per heavy atom. The molecule has 1 unspecified atom stereocenters. The molecule has 21 heavy (non-hydrogen) atoms. The minimum absolute atomic E-state index is 0.327. The molecule has 2 nitrogen and oxygen atoms in total. The molecule has 1 atom stereocenters. The van der Waals surface area contributed by atoms with Crippen molar-refractivity contribution in [3.05, 3.63) is 54.1 Å². The number of rotatable bonds is 4. The van der Waals surface area contributed by atoms with E-state index in [1.165, 1.54) is 10.9 Å². The molecule has 0 saturated carbocycles. The van der Waals surface area contributed by atoms with Gasteiger partial charge in [-0.15, -0.1) is 0 Å². The predicted molar refractivity (Wildman–Crippen MR) is 88.0 cm³/mol. The molecule has 0 radical (unpaired) electrons. The highest BCUT2D eigenvalue weighted by atomic mass is 16.5. The third-order valence-electron chi connectivity index (χ3n) is 3.86. The molecule has 0 heterocycles. The highest BCUT2D eigenvalue weighted by Gasteiger charge is 2.11. The smallest absolute Gasteiger partial charge is 0.135 e. The van der Waals surface area contributed by atoms with Crippen LogP contribution in [0.1, 0.15) is 18.9 Å². The summed E-state index contributed by atoms with van der Waals surface area (Å²) in [5, 5.41) is 14.3. The molecule has 0 saturated heterocycles. The van der Waals surface area contributed by atoms with Crippen LogP contribution in [0.25, 0.3) is 21.5 Å². The Bertz CT molecular complexity index is 777. The number of aliphatic hydroxyl groups excluding tert-OH is 1. The molecule has 108 valence electrons. The SMILES string of the molecule is CCC(O)COc1c2ccccc2cc2ccc(C)cc12. The van der Waals surface area contributed by atoms with Gasteiger partial charge in [0, 0.05) is 10.8 Å². The third-order valence-corrected chi connectivity index (χ3v) is 3.86. The Labute approximate surface area is 125 Å². The van der Waals surface area contributed by atoms with Crippen LogP contribution in [0.2, 0.25) is 0 Å². The van der Waals surface area contributed by atoms with Crippen LogP contribution in [0.3, 0.4) is 0 Å². The summed E-state index contributed by atoms with van der Waals surface area (Å²) in [6.45, 7) is 4.37. The van der Waals surface area contributed by atoms with E-state index in [1.54, 1.807) is 0 Å². The van der Waals surface area contributed by atoms with E-state index in [-0.39, 0.29) is 0 Å². The van der Waals surface area contributed by atoms with Gasteiger partial charge in [-0.05, 0) is 36.2 Å². The van der Waals surface area contributed by atoms with Gasteiger partial charge in [0.25, 0.3) is 0 Å². The van der Waals surface area contributed by atoms with Crippen molar-refractivity contribution in [2.24, 2.45) is 0 Å². The number of hydrogen-bond donors (Lipinski definition) is 1. The lowest BCUT2D eigenvalue weighted by atomic mass is 10.0. The van der Waals surface area contributed by atoms with E-state index in [1.807, 2.05) is 19.1 Å². The molecular formula is C19H20O2. The number of fused-ring (bicyclic) bond motifs is 2. The number of aryl methyl sites for hydroxylation is 1. The average Bonchev–Trinajstić information content (AvgIpc) is 2.51. The van der Waals surface area contributed by atoms with Crippen molar-refractivity contribution in [1.82, 2.24) is 0 Å². The Hall–Kier alpha value is -2.06. The van der Waals surface area contributed by atoms with Crippen LogP contribution in [0.4, 0.5) is 0 Å². The van der Waals surface area contributed by atoms with Crippen LogP contribution in [0.15, 0.2) is 48.5 Å². The van der Waals surface area contributed by atoms with Gasteiger partial charge in [-0.25, -0.2) is 0 Å². The van der Waals surface area contributed by atoms with E-state index in [2.05, 4.69) is 43.3 Å². The molecular weight excluding hydrogens is 260 g/mol. The maximum Gasteiger partial charge on any atom is 0.135 e. The maximum atomic E-state index is 9.79. The Kier molecular flexibility index (Phi) is 3.80. The van der Waals surface area contributed by atoms with E-state index >= 15 is 0 Å². The van der Waals surface area contributed by atoms with Crippen molar-refractivity contribution >= 4 is 21.5 Å². The number of ether oxygens (including phenoxy) is 1. The topological polar surface area (TPSA) is 29.5 Å². The number of aliphatic hydroxyl groups is 1. The third kappa shape index (κ3) is 2.72. The monoisotopic (exact) mass is 280 g/mol. The molecule has 2 heteroatoms. The van der Waals surface area contributed by atoms with Crippen molar-refractivity contribution in [3.8, 4) is 5.75 Å². The molecule has 0 aliphatic carbocycles. The van der Waals surface area contributed by atoms with Crippen molar-refractivity contribution < 1.29 is 9.84 Å². The van der Waals surface area contributed by atoms with Gasteiger partial charge in [0.1, 0.15) is 12.4 Å². The standard InChI is InChI=1S/C19H20O2/c1-3-16(20)12-21-19-17-7-5-4-6-14(17)11-15-9-8-13(2)10-18(15)19/h4-11,16,20H,3,12H2,1-2H3. The fourth-order valence-electron chi connectivity index (χ4n) is 2.59. The summed E-state index contributed by atoms with van der Waals surface area (Å²) in [5.41, 5.74) is 1.21. The molecule has 3 aromatic rings. The summed E-state index contributed by atoms with van der Waals surface area (Å²) in [7, 11) is 0. The molecule has 0 amide bonds. The van der Waals surface area contributed by atoms with Crippen LogP contribution in [0.5, 0.6) is 5.75 Å². The molecule has 1 N–H and O–H groups in total. The first-order chi connectivity index (χ1) is 10.2. The van der Waals surface area contributed by atoms with Crippen molar-refractivity contribution in [2.45, 2.75) is 26.4 Å². The summed E-state index contributed by atoms with van der Waals surface area (Å²) in [6, 6.07) is 16.8. The van der Waals surface area contributed by atoms with Gasteiger partial charge in [-0.3, -0.25) is 0 Å². The first-order valence-corrected chi connectivity index (χ1v) is 7.42. The molecule has 0 bridgehead atoms. The fourth-order valence-corrected chi connectivity index (χ4v) is 2.59. The minimum Gasteiger partial charge on any atom is -0.490 e. The molecule has 3 aromatic carbocycles. The van der Waals surface area contributed by atoms with Gasteiger partial charge < -0.3 is 9.84 Å². The largest absolute Gasteiger partial charge is 0.490 e. The summed E-state index contributed by atoms with van der Waals surface area (Å²) in [5.74, 6) is 0.874. The lowest BCUT2D eigenvalue weighted by Crippen LogP contribution is -2.16. The van der Waals surface area contributed by atoms with E-state index < -0.39 is 6.10 Å². The molecule has 0 spiro atoms. The Balaban J connectivity index is 2.20. The van der Waals surface area contributed by atoms with Crippen molar-refractivity contribution in [2.75, 3.05) is 6.61 Å². The zero-order valence-corrected chi connectivity index (χ0v) is 12.5. The highest BCUT2D eigenvalue weighted by Crippen LogP contribution is 2.35. The van der Waals surface area contributed by atoms with Gasteiger partial charge in [0.05, 0.1) is 6.10 Å². The zero-order valence-electron chi connectivity index (χ0n) is 12.5. The van der Waals surface area contributed by atoms with Crippen molar-refractivity contribution in [1.29, 1.82) is 0 Å². The lowest BCUT2D eigenvalue weighted by Gasteiger charge is -2.15. The van der Waals surface area contributed by atoms with Gasteiger partial charge in [0.2, 0.25) is 0 Å². The van der Waals surface area contributed by atoms with Gasteiger partial charge in [-0.1, -0.05) is 48.9 Å². The Morgan fingerprint density at radius 2 is 1.76 bits per heavy atom. The number of hydrogen-bond acceptors (Lipinski definition) is 2. The second-order valence-corrected chi connectivity index (χ2v) is 5.52. The molecule has 0 aliphatic rings. The summed E-state index contributed by atoms with van der Waals surface area (Å²) in [4.78, 5) is 0. The first kappa shape index (κ1) is 13.9. The summed E-state index contributed by atoms with van der Waals surface area (Å²) >= 11 is 0. The fraction of sp³-hybridized carbons (Fsp3) is 0.263. The Morgan fingerprint density at radius 3 is 2.57 bits per heavy atom. The first-order valence-electron chi connectivity index (χ1n) is 7.42. The van der Waals surface area contributed by atoms with Crippen LogP contribution in [-0.4, -0.2) is 17.8 Å². The highest BCUT2D eigenvalue weighted by molar-refractivity contribution is 6.05. The van der Waals surface area contributed by atoms with Crippen LogP contribution < -0.4 is 4.74 Å². The van der Waals surface area contributed by atoms with Crippen LogP contribution in [0, 0.1) is 6.92 Å². The van der Waals surface area contributed by atoms with Crippen LogP contribution in [-0.2, 0) is 0 Å². The summed E-state index contributed by atoms with van der Waals surface area (Å²) in [6.07, 6.45) is 0.269. The van der Waals surface area contributed by atoms with E-state index in [4.69, 9.17) is 4.74 Å². The van der Waals surface area contributed by atoms with Gasteiger partial charge in [-0.2, -0.15) is 0 Å². The second-order valence-electron chi connectivity index (χ2n) is 5.52. The summed E-state index contributed by atoms with van der Waals surface area (Å²) < 4.78 is 5.99. The predicted octanol–water partition coefficient (Wildman–Crippen LogP) is 4.45. The molecule has 0 aromatic heterocycles. The quantitative estimate of drug-likeness (QED) is 0.715. The molecule has 0 fully saturated rings. The normalized spacial score (nSPS) is 12.7. The molecule has 0 aliphatic heterocycles. The van der Waals surface area contributed by atoms with E-state index in [9.17, 15) is 5.11 Å². The second kappa shape index (κ2) is 5.74. The van der Waals surface area contributed by atoms with Gasteiger partial charge >= 0.3 is 0 Å². The maximum absolute atomic E-state index is 9.79. The van der Waals surface area contributed by atoms with Crippen LogP contribution >= 0.6 is 0 Å². The van der Waals surface area contributed by atoms with E-state index in [0.29, 0.717) is 13.0 Å².